The van der Waals surface area contributed by atoms with Gasteiger partial charge < -0.3 is 9.80 Å². The van der Waals surface area contributed by atoms with Crippen molar-refractivity contribution in [1.29, 1.82) is 0 Å². The Morgan fingerprint density at radius 2 is 1.87 bits per heavy atom. The monoisotopic (exact) mass is 405 g/mol. The summed E-state index contributed by atoms with van der Waals surface area (Å²) in [6, 6.07) is 8.68. The van der Waals surface area contributed by atoms with Crippen LogP contribution in [-0.4, -0.2) is 56.8 Å². The molecule has 3 fully saturated rings. The number of pyridine rings is 1. The van der Waals surface area contributed by atoms with E-state index in [0.717, 1.165) is 54.0 Å². The Labute approximate surface area is 174 Å². The summed E-state index contributed by atoms with van der Waals surface area (Å²) in [6.07, 6.45) is 7.20. The van der Waals surface area contributed by atoms with Gasteiger partial charge in [-0.3, -0.25) is 9.78 Å². The summed E-state index contributed by atoms with van der Waals surface area (Å²) in [7, 11) is 0. The molecule has 7 heteroatoms. The Balaban J connectivity index is 1.31. The minimum atomic E-state index is -0.925. The van der Waals surface area contributed by atoms with Crippen LogP contribution in [-0.2, 0) is 4.79 Å². The quantitative estimate of drug-likeness (QED) is 0.671. The van der Waals surface area contributed by atoms with Crippen molar-refractivity contribution in [2.75, 3.05) is 18.0 Å². The fraction of sp³-hybridized carbons (Fsp3) is 0.435. The van der Waals surface area contributed by atoms with Gasteiger partial charge in [0.2, 0.25) is 5.91 Å². The van der Waals surface area contributed by atoms with E-state index >= 15 is 0 Å². The SMILES string of the molecule is Cc1cc(-c2cc3c(N4CC5CCC(C4)N5C(=O)[C@@H]4C[C@H]4F)ccnn3c2)ccn1. The van der Waals surface area contributed by atoms with Gasteiger partial charge in [-0.25, -0.2) is 8.91 Å². The zero-order valence-electron chi connectivity index (χ0n) is 16.9. The third kappa shape index (κ3) is 2.79. The number of alkyl halides is 1. The molecule has 3 aliphatic rings. The van der Waals surface area contributed by atoms with Gasteiger partial charge in [0.15, 0.2) is 0 Å². The molecule has 5 heterocycles. The number of amides is 1. The molecule has 2 unspecified atom stereocenters. The lowest BCUT2D eigenvalue weighted by Crippen LogP contribution is -2.56. The molecular weight excluding hydrogens is 381 g/mol. The first-order valence-corrected chi connectivity index (χ1v) is 10.7. The van der Waals surface area contributed by atoms with Gasteiger partial charge in [0.05, 0.1) is 17.1 Å². The van der Waals surface area contributed by atoms with Crippen LogP contribution >= 0.6 is 0 Å². The Morgan fingerprint density at radius 1 is 1.10 bits per heavy atom. The maximum atomic E-state index is 13.5. The van der Waals surface area contributed by atoms with Crippen molar-refractivity contribution < 1.29 is 9.18 Å². The van der Waals surface area contributed by atoms with Gasteiger partial charge in [-0.2, -0.15) is 5.10 Å². The van der Waals surface area contributed by atoms with E-state index in [4.69, 9.17) is 0 Å². The fourth-order valence-corrected chi connectivity index (χ4v) is 5.22. The molecule has 2 aliphatic heterocycles. The first-order chi connectivity index (χ1) is 14.6. The molecule has 2 saturated heterocycles. The Morgan fingerprint density at radius 3 is 2.57 bits per heavy atom. The van der Waals surface area contributed by atoms with Gasteiger partial charge in [-0.1, -0.05) is 0 Å². The lowest BCUT2D eigenvalue weighted by atomic mass is 10.1. The summed E-state index contributed by atoms with van der Waals surface area (Å²) in [5, 5.41) is 4.51. The first-order valence-electron chi connectivity index (χ1n) is 10.7. The van der Waals surface area contributed by atoms with Crippen LogP contribution in [0.2, 0.25) is 0 Å². The van der Waals surface area contributed by atoms with Gasteiger partial charge in [-0.05, 0) is 56.0 Å². The molecule has 0 radical (unpaired) electrons. The van der Waals surface area contributed by atoms with E-state index in [1.807, 2.05) is 34.8 Å². The number of hydrogen-bond donors (Lipinski definition) is 0. The molecule has 30 heavy (non-hydrogen) atoms. The van der Waals surface area contributed by atoms with Crippen LogP contribution in [0.3, 0.4) is 0 Å². The highest BCUT2D eigenvalue weighted by atomic mass is 19.1. The number of nitrogens with zero attached hydrogens (tertiary/aromatic N) is 5. The molecule has 1 saturated carbocycles. The third-order valence-corrected chi connectivity index (χ3v) is 6.82. The second-order valence-corrected chi connectivity index (χ2v) is 8.85. The second-order valence-electron chi connectivity index (χ2n) is 8.85. The van der Waals surface area contributed by atoms with E-state index in [0.29, 0.717) is 6.42 Å². The Kier molecular flexibility index (Phi) is 3.88. The summed E-state index contributed by atoms with van der Waals surface area (Å²) in [4.78, 5) is 21.4. The molecule has 2 bridgehead atoms. The summed E-state index contributed by atoms with van der Waals surface area (Å²) in [5.74, 6) is -0.350. The third-order valence-electron chi connectivity index (χ3n) is 6.82. The van der Waals surface area contributed by atoms with Crippen molar-refractivity contribution in [2.24, 2.45) is 5.92 Å². The van der Waals surface area contributed by atoms with E-state index in [2.05, 4.69) is 39.4 Å². The second kappa shape index (κ2) is 6.52. The molecule has 4 atom stereocenters. The maximum absolute atomic E-state index is 13.5. The molecule has 1 aliphatic carbocycles. The van der Waals surface area contributed by atoms with Crippen molar-refractivity contribution in [3.63, 3.8) is 0 Å². The number of halogens is 1. The topological polar surface area (TPSA) is 53.7 Å². The van der Waals surface area contributed by atoms with Crippen LogP contribution < -0.4 is 4.90 Å². The highest BCUT2D eigenvalue weighted by molar-refractivity contribution is 5.84. The number of carbonyl (C=O) groups is 1. The van der Waals surface area contributed by atoms with Crippen molar-refractivity contribution in [3.8, 4) is 11.1 Å². The summed E-state index contributed by atoms with van der Waals surface area (Å²) < 4.78 is 15.4. The number of piperazine rings is 1. The Bertz CT molecular complexity index is 1130. The normalized spacial score (nSPS) is 27.7. The van der Waals surface area contributed by atoms with Gasteiger partial charge in [0.1, 0.15) is 6.17 Å². The largest absolute Gasteiger partial charge is 0.366 e. The van der Waals surface area contributed by atoms with Crippen LogP contribution in [0, 0.1) is 12.8 Å². The molecule has 6 rings (SSSR count). The van der Waals surface area contributed by atoms with E-state index in [1.165, 1.54) is 0 Å². The van der Waals surface area contributed by atoms with E-state index in [9.17, 15) is 9.18 Å². The molecule has 3 aromatic rings. The highest BCUT2D eigenvalue weighted by Gasteiger charge is 2.51. The van der Waals surface area contributed by atoms with Crippen molar-refractivity contribution in [3.05, 3.63) is 48.5 Å². The minimum Gasteiger partial charge on any atom is -0.366 e. The van der Waals surface area contributed by atoms with Crippen molar-refractivity contribution in [1.82, 2.24) is 19.5 Å². The number of aromatic nitrogens is 3. The summed E-state index contributed by atoms with van der Waals surface area (Å²) in [5.41, 5.74) is 5.42. The van der Waals surface area contributed by atoms with Crippen LogP contribution in [0.4, 0.5) is 10.1 Å². The van der Waals surface area contributed by atoms with Crippen LogP contribution in [0.25, 0.3) is 16.6 Å². The highest BCUT2D eigenvalue weighted by Crippen LogP contribution is 2.41. The summed E-state index contributed by atoms with van der Waals surface area (Å²) in [6.45, 7) is 3.58. The average Bonchev–Trinajstić information content (AvgIpc) is 3.21. The molecule has 0 aromatic carbocycles. The van der Waals surface area contributed by atoms with Crippen LogP contribution in [0.1, 0.15) is 25.0 Å². The smallest absolute Gasteiger partial charge is 0.229 e. The average molecular weight is 405 g/mol. The van der Waals surface area contributed by atoms with Gasteiger partial charge in [-0.15, -0.1) is 0 Å². The van der Waals surface area contributed by atoms with Crippen LogP contribution in [0.5, 0.6) is 0 Å². The van der Waals surface area contributed by atoms with Crippen molar-refractivity contribution in [2.45, 2.75) is 44.4 Å². The van der Waals surface area contributed by atoms with Gasteiger partial charge in [0, 0.05) is 55.0 Å². The minimum absolute atomic E-state index is 0.0348. The van der Waals surface area contributed by atoms with E-state index in [1.54, 1.807) is 0 Å². The number of anilines is 1. The predicted molar refractivity (Wildman–Crippen MR) is 112 cm³/mol. The van der Waals surface area contributed by atoms with Crippen molar-refractivity contribution >= 4 is 17.1 Å². The molecule has 0 N–H and O–H groups in total. The van der Waals surface area contributed by atoms with Gasteiger partial charge >= 0.3 is 0 Å². The number of hydrogen-bond acceptors (Lipinski definition) is 4. The summed E-state index contributed by atoms with van der Waals surface area (Å²) >= 11 is 0. The standard InChI is InChI=1S/C23H24FN5O/c1-14-8-15(4-6-25-14)16-9-22-21(5-7-26-28(22)11-16)27-12-17-2-3-18(13-27)29(17)23(30)19-10-20(19)24/h4-9,11,17-20H,2-3,10,12-13H2,1H3/t17?,18?,19-,20-/m1/s1. The molecular formula is C23H24FN5O. The van der Waals surface area contributed by atoms with Gasteiger partial charge in [0.25, 0.3) is 0 Å². The lowest BCUT2D eigenvalue weighted by molar-refractivity contribution is -0.136. The maximum Gasteiger partial charge on any atom is 0.229 e. The number of rotatable bonds is 3. The molecule has 1 amide bonds. The zero-order chi connectivity index (χ0) is 20.4. The first kappa shape index (κ1) is 17.9. The van der Waals surface area contributed by atoms with E-state index in [-0.39, 0.29) is 23.9 Å². The molecule has 0 spiro atoms. The Hall–Kier alpha value is -2.96. The molecule has 154 valence electrons. The van der Waals surface area contributed by atoms with E-state index < -0.39 is 6.17 Å². The van der Waals surface area contributed by atoms with Crippen LogP contribution in [0.15, 0.2) is 42.9 Å². The predicted octanol–water partition coefficient (Wildman–Crippen LogP) is 3.24. The molecule has 6 nitrogen and oxygen atoms in total. The number of fused-ring (bicyclic) bond motifs is 3. The zero-order valence-corrected chi connectivity index (χ0v) is 16.9. The lowest BCUT2D eigenvalue weighted by Gasteiger charge is -2.42. The fourth-order valence-electron chi connectivity index (χ4n) is 5.22. The molecule has 3 aromatic heterocycles. The number of aryl methyl sites for hydroxylation is 1. The number of carbonyl (C=O) groups excluding carboxylic acids is 1.